The van der Waals surface area contributed by atoms with Crippen LogP contribution < -0.4 is 5.73 Å². The molecule has 0 spiro atoms. The molecule has 1 saturated heterocycles. The highest BCUT2D eigenvalue weighted by Gasteiger charge is 2.31. The molecule has 3 N–H and O–H groups in total. The zero-order valence-corrected chi connectivity index (χ0v) is 6.66. The number of carbonyl (C=O) groups is 1. The smallest absolute Gasteiger partial charge is 0.239 e. The van der Waals surface area contributed by atoms with Crippen LogP contribution in [0.15, 0.2) is 0 Å². The summed E-state index contributed by atoms with van der Waals surface area (Å²) in [7, 11) is 0. The Hall–Kier alpha value is -0.610. The first-order valence-electron chi connectivity index (χ1n) is 3.83. The van der Waals surface area contributed by atoms with E-state index in [4.69, 9.17) is 10.8 Å². The number of carbonyl (C=O) groups excluding carboxylic acids is 1. The summed E-state index contributed by atoms with van der Waals surface area (Å²) in [6.45, 7) is 2.51. The van der Waals surface area contributed by atoms with Gasteiger partial charge in [-0.1, -0.05) is 0 Å². The number of aliphatic hydroxyl groups excluding tert-OH is 1. The molecule has 0 bridgehead atoms. The number of hydrogen-bond acceptors (Lipinski definition) is 3. The average molecular weight is 158 g/mol. The molecule has 1 fully saturated rings. The summed E-state index contributed by atoms with van der Waals surface area (Å²) in [6, 6.07) is -0.431. The molecule has 64 valence electrons. The largest absolute Gasteiger partial charge is 0.394 e. The summed E-state index contributed by atoms with van der Waals surface area (Å²) in [5.74, 6) is -0.0356. The SMILES string of the molecule is CC(CO)N1CCC(N)C1=O. The van der Waals surface area contributed by atoms with E-state index in [2.05, 4.69) is 0 Å². The third kappa shape index (κ3) is 1.52. The van der Waals surface area contributed by atoms with E-state index < -0.39 is 0 Å². The fraction of sp³-hybridized carbons (Fsp3) is 0.857. The van der Waals surface area contributed by atoms with Crippen LogP contribution in [0.4, 0.5) is 0 Å². The fourth-order valence-electron chi connectivity index (χ4n) is 1.26. The van der Waals surface area contributed by atoms with Crippen LogP contribution in [0.25, 0.3) is 0 Å². The lowest BCUT2D eigenvalue weighted by atomic mass is 10.3. The highest BCUT2D eigenvalue weighted by Crippen LogP contribution is 2.11. The lowest BCUT2D eigenvalue weighted by Gasteiger charge is -2.22. The van der Waals surface area contributed by atoms with Gasteiger partial charge in [-0.05, 0) is 13.3 Å². The number of nitrogens with two attached hydrogens (primary N) is 1. The number of nitrogens with zero attached hydrogens (tertiary/aromatic N) is 1. The minimum atomic E-state index is -0.344. The van der Waals surface area contributed by atoms with Crippen molar-refractivity contribution in [2.24, 2.45) is 5.73 Å². The van der Waals surface area contributed by atoms with Gasteiger partial charge in [-0.15, -0.1) is 0 Å². The number of likely N-dealkylation sites (tertiary alicyclic amines) is 1. The van der Waals surface area contributed by atoms with Crippen molar-refractivity contribution in [3.63, 3.8) is 0 Å². The molecular weight excluding hydrogens is 144 g/mol. The molecule has 1 aliphatic heterocycles. The number of amides is 1. The quantitative estimate of drug-likeness (QED) is 0.537. The Morgan fingerprint density at radius 2 is 2.55 bits per heavy atom. The van der Waals surface area contributed by atoms with Crippen molar-refractivity contribution < 1.29 is 9.90 Å². The van der Waals surface area contributed by atoms with Crippen LogP contribution in [0.5, 0.6) is 0 Å². The topological polar surface area (TPSA) is 66.6 Å². The molecule has 4 heteroatoms. The van der Waals surface area contributed by atoms with Crippen molar-refractivity contribution >= 4 is 5.91 Å². The summed E-state index contributed by atoms with van der Waals surface area (Å²) >= 11 is 0. The second-order valence-electron chi connectivity index (χ2n) is 2.96. The maximum Gasteiger partial charge on any atom is 0.239 e. The zero-order chi connectivity index (χ0) is 8.43. The molecule has 11 heavy (non-hydrogen) atoms. The molecule has 0 aliphatic carbocycles. The van der Waals surface area contributed by atoms with Crippen molar-refractivity contribution in [2.45, 2.75) is 25.4 Å². The van der Waals surface area contributed by atoms with E-state index in [1.807, 2.05) is 6.92 Å². The molecule has 0 aromatic rings. The lowest BCUT2D eigenvalue weighted by Crippen LogP contribution is -2.41. The van der Waals surface area contributed by atoms with Crippen molar-refractivity contribution in [1.29, 1.82) is 0 Å². The third-order valence-electron chi connectivity index (χ3n) is 2.08. The minimum absolute atomic E-state index is 0.0124. The molecule has 0 aromatic carbocycles. The van der Waals surface area contributed by atoms with E-state index in [1.54, 1.807) is 4.90 Å². The lowest BCUT2D eigenvalue weighted by molar-refractivity contribution is -0.131. The highest BCUT2D eigenvalue weighted by molar-refractivity contribution is 5.83. The summed E-state index contributed by atoms with van der Waals surface area (Å²) < 4.78 is 0. The zero-order valence-electron chi connectivity index (χ0n) is 6.66. The Balaban J connectivity index is 2.54. The van der Waals surface area contributed by atoms with Gasteiger partial charge in [0.05, 0.1) is 18.7 Å². The van der Waals surface area contributed by atoms with Crippen LogP contribution in [0.1, 0.15) is 13.3 Å². The van der Waals surface area contributed by atoms with E-state index in [9.17, 15) is 4.79 Å². The third-order valence-corrected chi connectivity index (χ3v) is 2.08. The number of aliphatic hydroxyl groups is 1. The van der Waals surface area contributed by atoms with Gasteiger partial charge in [0.2, 0.25) is 5.91 Å². The van der Waals surface area contributed by atoms with Gasteiger partial charge in [-0.3, -0.25) is 4.79 Å². The normalized spacial score (nSPS) is 27.7. The van der Waals surface area contributed by atoms with Crippen molar-refractivity contribution in [2.75, 3.05) is 13.2 Å². The molecule has 1 amide bonds. The van der Waals surface area contributed by atoms with Gasteiger partial charge < -0.3 is 15.7 Å². The Kier molecular flexibility index (Phi) is 2.46. The van der Waals surface area contributed by atoms with E-state index in [0.717, 1.165) is 0 Å². The maximum atomic E-state index is 11.2. The predicted molar refractivity (Wildman–Crippen MR) is 40.9 cm³/mol. The molecule has 4 nitrogen and oxygen atoms in total. The Morgan fingerprint density at radius 1 is 1.91 bits per heavy atom. The second kappa shape index (κ2) is 3.19. The van der Waals surface area contributed by atoms with Crippen molar-refractivity contribution in [3.8, 4) is 0 Å². The first-order valence-corrected chi connectivity index (χ1v) is 3.83. The number of rotatable bonds is 2. The van der Waals surface area contributed by atoms with Crippen LogP contribution in [-0.4, -0.2) is 41.1 Å². The molecule has 0 saturated carbocycles. The van der Waals surface area contributed by atoms with Gasteiger partial charge in [0.15, 0.2) is 0 Å². The van der Waals surface area contributed by atoms with E-state index in [0.29, 0.717) is 13.0 Å². The average Bonchev–Trinajstić information content (AvgIpc) is 2.32. The predicted octanol–water partition coefficient (Wildman–Crippen LogP) is -1.07. The summed E-state index contributed by atoms with van der Waals surface area (Å²) in [6.07, 6.45) is 0.711. The van der Waals surface area contributed by atoms with Gasteiger partial charge >= 0.3 is 0 Å². The van der Waals surface area contributed by atoms with Gasteiger partial charge in [0.25, 0.3) is 0 Å². The molecule has 1 heterocycles. The molecule has 1 rings (SSSR count). The molecule has 0 aromatic heterocycles. The summed E-state index contributed by atoms with van der Waals surface area (Å²) in [4.78, 5) is 12.8. The van der Waals surface area contributed by atoms with Crippen molar-refractivity contribution in [1.82, 2.24) is 4.90 Å². The van der Waals surface area contributed by atoms with Gasteiger partial charge in [0, 0.05) is 6.54 Å². The Bertz CT molecular complexity index is 161. The maximum absolute atomic E-state index is 11.2. The molecule has 2 unspecified atom stereocenters. The van der Waals surface area contributed by atoms with Gasteiger partial charge in [-0.2, -0.15) is 0 Å². The van der Waals surface area contributed by atoms with Crippen LogP contribution in [-0.2, 0) is 4.79 Å². The molecular formula is C7H14N2O2. The van der Waals surface area contributed by atoms with Crippen LogP contribution in [0.2, 0.25) is 0 Å². The van der Waals surface area contributed by atoms with E-state index in [-0.39, 0.29) is 24.6 Å². The van der Waals surface area contributed by atoms with Crippen LogP contribution in [0.3, 0.4) is 0 Å². The molecule has 2 atom stereocenters. The molecule has 0 radical (unpaired) electrons. The van der Waals surface area contributed by atoms with E-state index >= 15 is 0 Å². The van der Waals surface area contributed by atoms with E-state index in [1.165, 1.54) is 0 Å². The first kappa shape index (κ1) is 8.49. The van der Waals surface area contributed by atoms with Crippen LogP contribution >= 0.6 is 0 Å². The second-order valence-corrected chi connectivity index (χ2v) is 2.96. The minimum Gasteiger partial charge on any atom is -0.394 e. The summed E-state index contributed by atoms with van der Waals surface area (Å²) in [5.41, 5.74) is 5.49. The van der Waals surface area contributed by atoms with Gasteiger partial charge in [0.1, 0.15) is 0 Å². The van der Waals surface area contributed by atoms with Crippen LogP contribution in [0, 0.1) is 0 Å². The van der Waals surface area contributed by atoms with Crippen molar-refractivity contribution in [3.05, 3.63) is 0 Å². The molecule has 1 aliphatic rings. The van der Waals surface area contributed by atoms with Gasteiger partial charge in [-0.25, -0.2) is 0 Å². The fourth-order valence-corrected chi connectivity index (χ4v) is 1.26. The Labute approximate surface area is 66.0 Å². The monoisotopic (exact) mass is 158 g/mol. The number of hydrogen-bond donors (Lipinski definition) is 2. The summed E-state index contributed by atoms with van der Waals surface area (Å²) in [5, 5.41) is 8.76. The highest BCUT2D eigenvalue weighted by atomic mass is 16.3. The first-order chi connectivity index (χ1) is 5.16. The Morgan fingerprint density at radius 3 is 2.91 bits per heavy atom. The standard InChI is InChI=1S/C7H14N2O2/c1-5(4-10)9-3-2-6(8)7(9)11/h5-6,10H,2-4,8H2,1H3.